The summed E-state index contributed by atoms with van der Waals surface area (Å²) in [6.07, 6.45) is 0. The molecule has 0 spiro atoms. The zero-order valence-electron chi connectivity index (χ0n) is 1.21. The van der Waals surface area contributed by atoms with Crippen LogP contribution < -0.4 is 6.15 Å². The summed E-state index contributed by atoms with van der Waals surface area (Å²) in [4.78, 5) is 0. The van der Waals surface area contributed by atoms with Crippen molar-refractivity contribution in [1.29, 1.82) is 0 Å². The van der Waals surface area contributed by atoms with E-state index in [0.717, 1.165) is 0 Å². The molecule has 0 aromatic heterocycles. The van der Waals surface area contributed by atoms with E-state index < -0.39 is 0 Å². The first-order chi connectivity index (χ1) is 0. The van der Waals surface area contributed by atoms with Crippen molar-refractivity contribution in [2.45, 2.75) is 0 Å². The molecule has 28 valence electrons. The van der Waals surface area contributed by atoms with Gasteiger partial charge in [-0.3, -0.25) is 0 Å². The van der Waals surface area contributed by atoms with Crippen LogP contribution in [0, 0.1) is 0 Å². The van der Waals surface area contributed by atoms with Crippen molar-refractivity contribution in [3.63, 3.8) is 0 Å². The predicted molar refractivity (Wildman–Crippen MR) is 28.5 cm³/mol. The third kappa shape index (κ3) is 9.47. The zero-order chi connectivity index (χ0) is 0. The monoisotopic (exact) mass is 157 g/mol. The van der Waals surface area contributed by atoms with E-state index in [2.05, 4.69) is 0 Å². The molecule has 0 heterocycles. The van der Waals surface area contributed by atoms with Crippen LogP contribution in [-0.4, -0.2) is 61.9 Å². The van der Waals surface area contributed by atoms with Crippen molar-refractivity contribution in [2.75, 3.05) is 0 Å². The second-order valence-corrected chi connectivity index (χ2v) is 0. The Labute approximate surface area is 67.1 Å². The summed E-state index contributed by atoms with van der Waals surface area (Å²) in [5.41, 5.74) is 0. The molecule has 0 amide bonds. The van der Waals surface area contributed by atoms with Crippen LogP contribution in [0.4, 0.5) is 0 Å². The molecule has 0 aliphatic rings. The second-order valence-electron chi connectivity index (χ2n) is 0. The molecule has 0 aromatic carbocycles. The fraction of sp³-hybridized carbons (Fsp3) is 0. The summed E-state index contributed by atoms with van der Waals surface area (Å²) < 4.78 is 0. The van der Waals surface area contributed by atoms with E-state index in [1.165, 1.54) is 0 Å². The van der Waals surface area contributed by atoms with E-state index in [9.17, 15) is 0 Å². The molecule has 5 N–H and O–H groups in total. The summed E-state index contributed by atoms with van der Waals surface area (Å²) >= 11 is 0. The molecule has 0 atom stereocenters. The van der Waals surface area contributed by atoms with Gasteiger partial charge < -0.3 is 11.6 Å². The average Bonchev–Trinajstić information content (AvgIpc) is 0. The van der Waals surface area contributed by atoms with Gasteiger partial charge >= 0.3 is 45.5 Å². The molecular formula is H11NOSiSr. The van der Waals surface area contributed by atoms with Crippen LogP contribution in [0.25, 0.3) is 0 Å². The standard InChI is InChI=1S/H3N.H2O.H4Si.Sr.2H/h1H3;1H2;1H4;;;. The van der Waals surface area contributed by atoms with Gasteiger partial charge in [0.15, 0.2) is 0 Å². The third-order valence-corrected chi connectivity index (χ3v) is 0. The van der Waals surface area contributed by atoms with Gasteiger partial charge in [0.25, 0.3) is 0 Å². The fourth-order valence-electron chi connectivity index (χ4n) is 0. The Bertz CT molecular complexity index is 8.00. The van der Waals surface area contributed by atoms with Crippen LogP contribution >= 0.6 is 0 Å². The second kappa shape index (κ2) is 23.1. The molecule has 4 heavy (non-hydrogen) atoms. The predicted octanol–water partition coefficient (Wildman–Crippen LogP) is -3.03. The molecular weight excluding hydrogens is 146 g/mol. The van der Waals surface area contributed by atoms with Gasteiger partial charge in [-0.25, -0.2) is 0 Å². The van der Waals surface area contributed by atoms with Gasteiger partial charge in [0, 0.05) is 0 Å². The van der Waals surface area contributed by atoms with Gasteiger partial charge in [0.1, 0.15) is 0 Å². The van der Waals surface area contributed by atoms with Gasteiger partial charge in [-0.1, -0.05) is 0 Å². The Morgan fingerprint density at radius 1 is 1.00 bits per heavy atom. The first-order valence-corrected chi connectivity index (χ1v) is 0. The summed E-state index contributed by atoms with van der Waals surface area (Å²) in [5, 5.41) is 0. The minimum absolute atomic E-state index is 0. The Hall–Kier alpha value is 1.62. The van der Waals surface area contributed by atoms with Crippen molar-refractivity contribution in [3.05, 3.63) is 0 Å². The summed E-state index contributed by atoms with van der Waals surface area (Å²) in [5.74, 6) is 0. The molecule has 0 saturated heterocycles. The molecule has 0 aromatic rings. The molecule has 4 heteroatoms. The molecule has 2 nitrogen and oxygen atoms in total. The van der Waals surface area contributed by atoms with E-state index in [1.807, 2.05) is 0 Å². The molecule has 0 aliphatic carbocycles. The fourth-order valence-corrected chi connectivity index (χ4v) is 0. The van der Waals surface area contributed by atoms with Crippen LogP contribution in [-0.2, 0) is 0 Å². The topological polar surface area (TPSA) is 66.5 Å². The Balaban J connectivity index is 0. The van der Waals surface area contributed by atoms with Crippen molar-refractivity contribution in [1.82, 2.24) is 6.15 Å². The van der Waals surface area contributed by atoms with E-state index in [-0.39, 0.29) is 68.1 Å². The van der Waals surface area contributed by atoms with Crippen molar-refractivity contribution >= 4 is 56.4 Å². The van der Waals surface area contributed by atoms with Gasteiger partial charge in [-0.15, -0.1) is 0 Å². The maximum absolute atomic E-state index is 0. The maximum atomic E-state index is 0. The van der Waals surface area contributed by atoms with Gasteiger partial charge in [0.2, 0.25) is 0 Å². The van der Waals surface area contributed by atoms with Gasteiger partial charge in [0.05, 0.1) is 0 Å². The van der Waals surface area contributed by atoms with Crippen molar-refractivity contribution < 1.29 is 5.48 Å². The molecule has 0 bridgehead atoms. The molecule has 0 unspecified atom stereocenters. The molecule has 0 saturated carbocycles. The van der Waals surface area contributed by atoms with Crippen molar-refractivity contribution in [2.24, 2.45) is 0 Å². The SMILES string of the molecule is N.O.[SiH4].[SrH2]. The normalized spacial score (nSPS) is 0. The van der Waals surface area contributed by atoms with Crippen LogP contribution in [0.5, 0.6) is 0 Å². The van der Waals surface area contributed by atoms with E-state index >= 15 is 0 Å². The summed E-state index contributed by atoms with van der Waals surface area (Å²) in [6.45, 7) is 0. The molecule has 0 aliphatic heterocycles. The molecule has 0 rings (SSSR count). The van der Waals surface area contributed by atoms with Crippen molar-refractivity contribution in [3.8, 4) is 0 Å². The van der Waals surface area contributed by atoms with Crippen LogP contribution in [0.3, 0.4) is 0 Å². The number of hydrogen-bond acceptors (Lipinski definition) is 1. The minimum atomic E-state index is 0. The number of hydrogen-bond donors (Lipinski definition) is 1. The third-order valence-electron chi connectivity index (χ3n) is 0. The van der Waals surface area contributed by atoms with E-state index in [4.69, 9.17) is 0 Å². The Kier molecular flexibility index (Phi) is 264. The van der Waals surface area contributed by atoms with Crippen LogP contribution in [0.1, 0.15) is 0 Å². The summed E-state index contributed by atoms with van der Waals surface area (Å²) in [6, 6.07) is 0. The number of rotatable bonds is 0. The van der Waals surface area contributed by atoms with E-state index in [0.29, 0.717) is 0 Å². The zero-order valence-corrected chi connectivity index (χ0v) is 1.21. The van der Waals surface area contributed by atoms with Gasteiger partial charge in [-0.05, 0) is 11.0 Å². The Morgan fingerprint density at radius 2 is 1.00 bits per heavy atom. The van der Waals surface area contributed by atoms with Crippen LogP contribution in [0.15, 0.2) is 0 Å². The Morgan fingerprint density at radius 3 is 1.00 bits per heavy atom. The first kappa shape index (κ1) is 45.8. The average molecular weight is 157 g/mol. The first-order valence-electron chi connectivity index (χ1n) is 0. The van der Waals surface area contributed by atoms with E-state index in [1.54, 1.807) is 0 Å². The molecule has 0 fully saturated rings. The van der Waals surface area contributed by atoms with Crippen LogP contribution in [0.2, 0.25) is 0 Å². The molecule has 0 radical (unpaired) electrons. The quantitative estimate of drug-likeness (QED) is 0.373. The van der Waals surface area contributed by atoms with Gasteiger partial charge in [-0.2, -0.15) is 0 Å². The summed E-state index contributed by atoms with van der Waals surface area (Å²) in [7, 11) is 0.